The zero-order chi connectivity index (χ0) is 17.7. The first-order valence-corrected chi connectivity index (χ1v) is 9.06. The molecule has 1 heterocycles. The summed E-state index contributed by atoms with van der Waals surface area (Å²) in [6.45, 7) is 0.512. The molecule has 1 aromatic carbocycles. The van der Waals surface area contributed by atoms with E-state index in [-0.39, 0.29) is 24.3 Å². The van der Waals surface area contributed by atoms with Crippen molar-refractivity contribution in [3.63, 3.8) is 0 Å². The summed E-state index contributed by atoms with van der Waals surface area (Å²) in [5.41, 5.74) is 1.14. The lowest BCUT2D eigenvalue weighted by Crippen LogP contribution is -2.38. The van der Waals surface area contributed by atoms with Crippen molar-refractivity contribution in [2.24, 2.45) is 0 Å². The highest BCUT2D eigenvalue weighted by atomic mass is 35.5. The van der Waals surface area contributed by atoms with E-state index in [4.69, 9.17) is 11.6 Å². The summed E-state index contributed by atoms with van der Waals surface area (Å²) in [5, 5.41) is 3.50. The van der Waals surface area contributed by atoms with Crippen LogP contribution in [0.2, 0.25) is 5.02 Å². The third-order valence-corrected chi connectivity index (χ3v) is 5.04. The molecule has 24 heavy (non-hydrogen) atoms. The lowest BCUT2D eigenvalue weighted by atomic mass is 10.2. The quantitative estimate of drug-likeness (QED) is 0.589. The lowest BCUT2D eigenvalue weighted by Gasteiger charge is -2.15. The Bertz CT molecular complexity index is 641. The van der Waals surface area contributed by atoms with Crippen LogP contribution in [0.15, 0.2) is 24.3 Å². The molecule has 1 N–H and O–H groups in total. The first kappa shape index (κ1) is 18.6. The number of urea groups is 1. The van der Waals surface area contributed by atoms with Crippen molar-refractivity contribution in [3.8, 4) is 0 Å². The van der Waals surface area contributed by atoms with Gasteiger partial charge in [-0.3, -0.25) is 14.5 Å². The van der Waals surface area contributed by atoms with Gasteiger partial charge in [-0.2, -0.15) is 11.8 Å². The van der Waals surface area contributed by atoms with E-state index in [1.165, 1.54) is 19.0 Å². The van der Waals surface area contributed by atoms with Crippen LogP contribution in [0.5, 0.6) is 0 Å². The topological polar surface area (TPSA) is 69.7 Å². The summed E-state index contributed by atoms with van der Waals surface area (Å²) >= 11 is 7.62. The van der Waals surface area contributed by atoms with Crippen molar-refractivity contribution in [1.29, 1.82) is 0 Å². The number of imide groups is 1. The minimum atomic E-state index is -0.707. The van der Waals surface area contributed by atoms with Gasteiger partial charge < -0.3 is 10.2 Å². The Kier molecular flexibility index (Phi) is 6.51. The van der Waals surface area contributed by atoms with Crippen LogP contribution in [0.25, 0.3) is 0 Å². The predicted octanol–water partition coefficient (Wildman–Crippen LogP) is 1.97. The molecule has 130 valence electrons. The number of carbonyl (C=O) groups excluding carboxylic acids is 3. The number of rotatable bonds is 7. The molecular weight excluding hydrogens is 350 g/mol. The lowest BCUT2D eigenvalue weighted by molar-refractivity contribution is -0.131. The highest BCUT2D eigenvalue weighted by Crippen LogP contribution is 2.17. The molecule has 1 aliphatic heterocycles. The number of carbonyl (C=O) groups is 3. The Morgan fingerprint density at radius 2 is 2.08 bits per heavy atom. The molecule has 0 bridgehead atoms. The van der Waals surface area contributed by atoms with Gasteiger partial charge in [0.05, 0.1) is 6.42 Å². The summed E-state index contributed by atoms with van der Waals surface area (Å²) in [4.78, 5) is 37.8. The Morgan fingerprint density at radius 1 is 1.33 bits per heavy atom. The van der Waals surface area contributed by atoms with Crippen molar-refractivity contribution in [1.82, 2.24) is 15.1 Å². The van der Waals surface area contributed by atoms with Gasteiger partial charge in [-0.05, 0) is 17.7 Å². The molecular formula is C16H20ClN3O3S. The van der Waals surface area contributed by atoms with Crippen LogP contribution in [0.1, 0.15) is 12.0 Å². The van der Waals surface area contributed by atoms with Crippen molar-refractivity contribution in [3.05, 3.63) is 34.9 Å². The van der Waals surface area contributed by atoms with E-state index in [1.807, 2.05) is 24.3 Å². The fourth-order valence-electron chi connectivity index (χ4n) is 2.40. The summed E-state index contributed by atoms with van der Waals surface area (Å²) < 4.78 is 0. The molecule has 0 spiro atoms. The Labute approximate surface area is 150 Å². The molecule has 1 aliphatic rings. The van der Waals surface area contributed by atoms with Crippen LogP contribution in [-0.4, -0.2) is 60.1 Å². The smallest absolute Gasteiger partial charge is 0.326 e. The highest BCUT2D eigenvalue weighted by molar-refractivity contribution is 7.98. The normalized spacial score (nSPS) is 17.5. The number of nitrogens with zero attached hydrogens (tertiary/aromatic N) is 2. The summed E-state index contributed by atoms with van der Waals surface area (Å²) in [6, 6.07) is 6.58. The second-order valence-electron chi connectivity index (χ2n) is 5.54. The first-order chi connectivity index (χ1) is 11.4. The number of amides is 4. The largest absolute Gasteiger partial charge is 0.355 e. The van der Waals surface area contributed by atoms with E-state index >= 15 is 0 Å². The van der Waals surface area contributed by atoms with Gasteiger partial charge in [-0.1, -0.05) is 23.7 Å². The number of hydrogen-bond donors (Lipinski definition) is 1. The molecule has 1 fully saturated rings. The van der Waals surface area contributed by atoms with Crippen LogP contribution >= 0.6 is 23.4 Å². The van der Waals surface area contributed by atoms with E-state index in [2.05, 4.69) is 5.32 Å². The fourth-order valence-corrected chi connectivity index (χ4v) is 3.42. The summed E-state index contributed by atoms with van der Waals surface area (Å²) in [5.74, 6) is 1.00. The Hall–Kier alpha value is -1.73. The molecule has 8 heteroatoms. The SMILES string of the molecule is CN1C(=O)[C@@H](CC(=O)NCCSCc2cccc(Cl)c2)N(C)C1=O. The number of thioether (sulfide) groups is 1. The molecule has 2 rings (SSSR count). The summed E-state index contributed by atoms with van der Waals surface area (Å²) in [6.07, 6.45) is -0.00955. The third kappa shape index (κ3) is 4.64. The van der Waals surface area contributed by atoms with Gasteiger partial charge in [0.15, 0.2) is 0 Å². The minimum absolute atomic E-state index is 0.00955. The maximum absolute atomic E-state index is 11.9. The number of likely N-dealkylation sites (N-methyl/N-ethyl adjacent to an activating group) is 2. The average molecular weight is 370 g/mol. The van der Waals surface area contributed by atoms with Crippen molar-refractivity contribution >= 4 is 41.2 Å². The molecule has 0 unspecified atom stereocenters. The molecule has 6 nitrogen and oxygen atoms in total. The fraction of sp³-hybridized carbons (Fsp3) is 0.438. The zero-order valence-electron chi connectivity index (χ0n) is 13.6. The summed E-state index contributed by atoms with van der Waals surface area (Å²) in [7, 11) is 2.95. The van der Waals surface area contributed by atoms with Crippen LogP contribution < -0.4 is 5.32 Å². The average Bonchev–Trinajstić information content (AvgIpc) is 2.72. The monoisotopic (exact) mass is 369 g/mol. The standard InChI is InChI=1S/C16H20ClN3O3S/c1-19-13(15(22)20(2)16(19)23)9-14(21)18-6-7-24-10-11-4-3-5-12(17)8-11/h3-5,8,13H,6-7,9-10H2,1-2H3,(H,18,21)/t13-/m1/s1. The van der Waals surface area contributed by atoms with Gasteiger partial charge in [0.2, 0.25) is 5.91 Å². The van der Waals surface area contributed by atoms with Crippen molar-refractivity contribution in [2.45, 2.75) is 18.2 Å². The van der Waals surface area contributed by atoms with Gasteiger partial charge in [-0.15, -0.1) is 0 Å². The number of nitrogens with one attached hydrogen (secondary N) is 1. The molecule has 4 amide bonds. The highest BCUT2D eigenvalue weighted by Gasteiger charge is 2.41. The van der Waals surface area contributed by atoms with Crippen LogP contribution in [0.4, 0.5) is 4.79 Å². The zero-order valence-corrected chi connectivity index (χ0v) is 15.2. The molecule has 1 atom stereocenters. The van der Waals surface area contributed by atoms with E-state index in [1.54, 1.807) is 11.8 Å². The first-order valence-electron chi connectivity index (χ1n) is 7.53. The van der Waals surface area contributed by atoms with Crippen molar-refractivity contribution < 1.29 is 14.4 Å². The van der Waals surface area contributed by atoms with Gasteiger partial charge in [0.25, 0.3) is 5.91 Å². The van der Waals surface area contributed by atoms with Gasteiger partial charge in [-0.25, -0.2) is 4.79 Å². The maximum atomic E-state index is 11.9. The van der Waals surface area contributed by atoms with E-state index in [9.17, 15) is 14.4 Å². The molecule has 0 radical (unpaired) electrons. The number of halogens is 1. The molecule has 1 aromatic rings. The minimum Gasteiger partial charge on any atom is -0.355 e. The van der Waals surface area contributed by atoms with Crippen LogP contribution in [0, 0.1) is 0 Å². The Balaban J connectivity index is 1.67. The van der Waals surface area contributed by atoms with Crippen LogP contribution in [0.3, 0.4) is 0 Å². The third-order valence-electron chi connectivity index (χ3n) is 3.78. The second kappa shape index (κ2) is 8.39. The van der Waals surface area contributed by atoms with Gasteiger partial charge in [0, 0.05) is 37.2 Å². The maximum Gasteiger partial charge on any atom is 0.326 e. The number of hydrogen-bond acceptors (Lipinski definition) is 4. The second-order valence-corrected chi connectivity index (χ2v) is 7.08. The number of benzene rings is 1. The van der Waals surface area contributed by atoms with E-state index in [0.29, 0.717) is 11.6 Å². The van der Waals surface area contributed by atoms with Gasteiger partial charge in [0.1, 0.15) is 6.04 Å². The molecule has 0 aliphatic carbocycles. The molecule has 0 saturated carbocycles. The Morgan fingerprint density at radius 3 is 2.71 bits per heavy atom. The molecule has 1 saturated heterocycles. The van der Waals surface area contributed by atoms with Crippen LogP contribution in [-0.2, 0) is 15.3 Å². The predicted molar refractivity (Wildman–Crippen MR) is 95.0 cm³/mol. The van der Waals surface area contributed by atoms with Crippen molar-refractivity contribution in [2.75, 3.05) is 26.4 Å². The van der Waals surface area contributed by atoms with E-state index < -0.39 is 6.04 Å². The molecule has 0 aromatic heterocycles. The van der Waals surface area contributed by atoms with E-state index in [0.717, 1.165) is 22.0 Å². The van der Waals surface area contributed by atoms with Gasteiger partial charge >= 0.3 is 6.03 Å².